The first-order valence-corrected chi connectivity index (χ1v) is 12.5. The van der Waals surface area contributed by atoms with Gasteiger partial charge >= 0.3 is 0 Å². The van der Waals surface area contributed by atoms with E-state index in [9.17, 15) is 13.2 Å². The molecule has 4 rings (SSSR count). The minimum atomic E-state index is -3.87. The van der Waals surface area contributed by atoms with E-state index < -0.39 is 15.3 Å². The van der Waals surface area contributed by atoms with Gasteiger partial charge in [-0.05, 0) is 25.1 Å². The van der Waals surface area contributed by atoms with Gasteiger partial charge in [0.05, 0.1) is 10.1 Å². The molecular formula is C24H21N3O4S2. The molecule has 1 amide bonds. The van der Waals surface area contributed by atoms with Crippen molar-refractivity contribution in [2.75, 3.05) is 5.32 Å². The molecule has 0 saturated carbocycles. The number of carbonyl (C=O) groups is 1. The van der Waals surface area contributed by atoms with E-state index in [-0.39, 0.29) is 10.8 Å². The molecule has 1 heterocycles. The first-order chi connectivity index (χ1) is 15.8. The highest BCUT2D eigenvalue weighted by atomic mass is 32.2. The molecule has 0 aliphatic rings. The van der Waals surface area contributed by atoms with Crippen LogP contribution in [0.15, 0.2) is 99.5 Å². The van der Waals surface area contributed by atoms with Crippen LogP contribution in [0.3, 0.4) is 0 Å². The number of nitrogens with zero attached hydrogens (tertiary/aromatic N) is 1. The molecule has 1 atom stereocenters. The van der Waals surface area contributed by atoms with Crippen LogP contribution in [0.5, 0.6) is 0 Å². The van der Waals surface area contributed by atoms with Crippen LogP contribution in [0.2, 0.25) is 0 Å². The van der Waals surface area contributed by atoms with Crippen LogP contribution >= 0.6 is 11.8 Å². The van der Waals surface area contributed by atoms with E-state index in [1.807, 2.05) is 60.7 Å². The molecule has 7 nitrogen and oxygen atoms in total. The van der Waals surface area contributed by atoms with Gasteiger partial charge in [0.15, 0.2) is 5.76 Å². The lowest BCUT2D eigenvalue weighted by atomic mass is 10.1. The molecular weight excluding hydrogens is 458 g/mol. The van der Waals surface area contributed by atoms with E-state index in [1.54, 1.807) is 13.0 Å². The van der Waals surface area contributed by atoms with Crippen molar-refractivity contribution in [3.63, 3.8) is 0 Å². The van der Waals surface area contributed by atoms with Crippen LogP contribution in [0.4, 0.5) is 5.69 Å². The van der Waals surface area contributed by atoms with Crippen molar-refractivity contribution in [3.8, 4) is 22.6 Å². The second kappa shape index (κ2) is 9.62. The van der Waals surface area contributed by atoms with Crippen LogP contribution in [-0.2, 0) is 14.8 Å². The van der Waals surface area contributed by atoms with Crippen molar-refractivity contribution in [2.24, 2.45) is 5.14 Å². The molecule has 1 aromatic heterocycles. The standard InChI is InChI=1S/C24H21N3O4S2/c1-16(23(28)26-19-13-8-14-20(15-19)33(25,29)30)32-24-27-21(17-9-4-2-5-10-17)22(31-24)18-11-6-3-7-12-18/h2-16H,1H3,(H,26,28)(H2,25,29,30). The molecule has 0 bridgehead atoms. The molecule has 0 radical (unpaired) electrons. The summed E-state index contributed by atoms with van der Waals surface area (Å²) in [4.78, 5) is 17.3. The maximum atomic E-state index is 12.7. The monoisotopic (exact) mass is 479 g/mol. The van der Waals surface area contributed by atoms with Gasteiger partial charge in [0.25, 0.3) is 5.22 Å². The number of hydrogen-bond donors (Lipinski definition) is 2. The van der Waals surface area contributed by atoms with E-state index in [2.05, 4.69) is 10.3 Å². The number of sulfonamides is 1. The largest absolute Gasteiger partial charge is 0.431 e. The highest BCUT2D eigenvalue weighted by Gasteiger charge is 2.22. The molecule has 0 saturated heterocycles. The lowest BCUT2D eigenvalue weighted by molar-refractivity contribution is -0.115. The number of carbonyl (C=O) groups excluding carboxylic acids is 1. The molecule has 0 aliphatic heterocycles. The molecule has 3 N–H and O–H groups in total. The fourth-order valence-corrected chi connectivity index (χ4v) is 4.43. The number of oxazole rings is 1. The summed E-state index contributed by atoms with van der Waals surface area (Å²) in [5.74, 6) is 0.296. The van der Waals surface area contributed by atoms with Crippen molar-refractivity contribution < 1.29 is 17.6 Å². The summed E-state index contributed by atoms with van der Waals surface area (Å²) in [6, 6.07) is 25.1. The summed E-state index contributed by atoms with van der Waals surface area (Å²) >= 11 is 1.17. The quantitative estimate of drug-likeness (QED) is 0.369. The number of aromatic nitrogens is 1. The number of primary sulfonamides is 1. The van der Waals surface area contributed by atoms with Crippen LogP contribution in [0.25, 0.3) is 22.6 Å². The number of nitrogens with two attached hydrogens (primary N) is 1. The second-order valence-corrected chi connectivity index (χ2v) is 10.1. The maximum Gasteiger partial charge on any atom is 0.257 e. The Bertz CT molecular complexity index is 1310. The Balaban J connectivity index is 1.56. The van der Waals surface area contributed by atoms with E-state index in [0.717, 1.165) is 11.1 Å². The maximum absolute atomic E-state index is 12.7. The normalized spacial score (nSPS) is 12.3. The van der Waals surface area contributed by atoms with Crippen LogP contribution in [0.1, 0.15) is 6.92 Å². The zero-order valence-electron chi connectivity index (χ0n) is 17.6. The highest BCUT2D eigenvalue weighted by molar-refractivity contribution is 8.00. The first-order valence-electron chi connectivity index (χ1n) is 10.0. The number of hydrogen-bond acceptors (Lipinski definition) is 6. The Labute approximate surface area is 196 Å². The third-order valence-corrected chi connectivity index (χ3v) is 6.62. The van der Waals surface area contributed by atoms with Gasteiger partial charge in [-0.2, -0.15) is 0 Å². The van der Waals surface area contributed by atoms with Gasteiger partial charge in [-0.15, -0.1) is 0 Å². The molecule has 3 aromatic carbocycles. The third kappa shape index (κ3) is 5.51. The van der Waals surface area contributed by atoms with Gasteiger partial charge in [0.1, 0.15) is 5.69 Å². The molecule has 4 aromatic rings. The Hall–Kier alpha value is -3.40. The average Bonchev–Trinajstić information content (AvgIpc) is 3.23. The summed E-state index contributed by atoms with van der Waals surface area (Å²) in [6.07, 6.45) is 0. The minimum Gasteiger partial charge on any atom is -0.431 e. The van der Waals surface area contributed by atoms with Gasteiger partial charge in [-0.25, -0.2) is 18.5 Å². The predicted octanol–water partition coefficient (Wildman–Crippen LogP) is 4.78. The third-order valence-electron chi connectivity index (χ3n) is 4.77. The van der Waals surface area contributed by atoms with Gasteiger partial charge < -0.3 is 9.73 Å². The molecule has 0 spiro atoms. The molecule has 168 valence electrons. The van der Waals surface area contributed by atoms with E-state index in [1.165, 1.54) is 30.0 Å². The number of rotatable bonds is 7. The molecule has 0 fully saturated rings. The summed E-state index contributed by atoms with van der Waals surface area (Å²) in [6.45, 7) is 1.72. The Morgan fingerprint density at radius 2 is 1.61 bits per heavy atom. The average molecular weight is 480 g/mol. The van der Waals surface area contributed by atoms with Crippen molar-refractivity contribution >= 4 is 33.4 Å². The van der Waals surface area contributed by atoms with Gasteiger partial charge in [-0.1, -0.05) is 78.5 Å². The number of amides is 1. The van der Waals surface area contributed by atoms with Crippen LogP contribution in [0, 0.1) is 0 Å². The number of anilines is 1. The van der Waals surface area contributed by atoms with Crippen molar-refractivity contribution in [1.29, 1.82) is 0 Å². The number of thioether (sulfide) groups is 1. The summed E-state index contributed by atoms with van der Waals surface area (Å²) < 4.78 is 29.2. The number of benzene rings is 3. The predicted molar refractivity (Wildman–Crippen MR) is 129 cm³/mol. The lowest BCUT2D eigenvalue weighted by Gasteiger charge is -2.10. The van der Waals surface area contributed by atoms with E-state index in [4.69, 9.17) is 9.56 Å². The summed E-state index contributed by atoms with van der Waals surface area (Å²) in [5, 5.41) is 7.67. The Morgan fingerprint density at radius 3 is 2.24 bits per heavy atom. The first kappa shape index (κ1) is 22.8. The van der Waals surface area contributed by atoms with Gasteiger partial charge in [-0.3, -0.25) is 4.79 Å². The fourth-order valence-electron chi connectivity index (χ4n) is 3.13. The van der Waals surface area contributed by atoms with E-state index >= 15 is 0 Å². The fraction of sp³-hybridized carbons (Fsp3) is 0.0833. The molecule has 33 heavy (non-hydrogen) atoms. The van der Waals surface area contributed by atoms with Crippen molar-refractivity contribution in [3.05, 3.63) is 84.9 Å². The van der Waals surface area contributed by atoms with Crippen LogP contribution in [-0.4, -0.2) is 24.6 Å². The zero-order chi connectivity index (χ0) is 23.4. The molecule has 9 heteroatoms. The summed E-state index contributed by atoms with van der Waals surface area (Å²) in [5.41, 5.74) is 2.82. The number of nitrogens with one attached hydrogen (secondary N) is 1. The van der Waals surface area contributed by atoms with Crippen molar-refractivity contribution in [2.45, 2.75) is 22.3 Å². The highest BCUT2D eigenvalue weighted by Crippen LogP contribution is 2.36. The van der Waals surface area contributed by atoms with Gasteiger partial charge in [0.2, 0.25) is 15.9 Å². The second-order valence-electron chi connectivity index (χ2n) is 7.21. The Morgan fingerprint density at radius 1 is 0.970 bits per heavy atom. The Kier molecular flexibility index (Phi) is 6.64. The lowest BCUT2D eigenvalue weighted by Crippen LogP contribution is -2.22. The molecule has 1 unspecified atom stereocenters. The topological polar surface area (TPSA) is 115 Å². The zero-order valence-corrected chi connectivity index (χ0v) is 19.3. The SMILES string of the molecule is CC(Sc1nc(-c2ccccc2)c(-c2ccccc2)o1)C(=O)Nc1cccc(S(N)(=O)=O)c1. The smallest absolute Gasteiger partial charge is 0.257 e. The molecule has 0 aliphatic carbocycles. The minimum absolute atomic E-state index is 0.0756. The van der Waals surface area contributed by atoms with Crippen molar-refractivity contribution in [1.82, 2.24) is 4.98 Å². The van der Waals surface area contributed by atoms with E-state index in [0.29, 0.717) is 22.4 Å². The van der Waals surface area contributed by atoms with Gasteiger partial charge in [0, 0.05) is 16.8 Å². The van der Waals surface area contributed by atoms with Crippen LogP contribution < -0.4 is 10.5 Å². The summed E-state index contributed by atoms with van der Waals surface area (Å²) in [7, 11) is -3.87.